The van der Waals surface area contributed by atoms with Gasteiger partial charge in [-0.2, -0.15) is 23.5 Å². The van der Waals surface area contributed by atoms with Gasteiger partial charge in [0.1, 0.15) is 0 Å². The third-order valence-electron chi connectivity index (χ3n) is 13.2. The molecule has 4 bridgehead atoms. The fraction of sp³-hybridized carbons (Fsp3) is 0.943. The average Bonchev–Trinajstić information content (AvgIpc) is 3.41. The second-order valence-electron chi connectivity index (χ2n) is 16.1. The highest BCUT2D eigenvalue weighted by atomic mass is 32.2. The van der Waals surface area contributed by atoms with E-state index in [0.29, 0.717) is 11.8 Å². The van der Waals surface area contributed by atoms with Crippen LogP contribution in [0.5, 0.6) is 0 Å². The molecule has 0 N–H and O–H groups in total. The number of fused-ring (bicyclic) bond motifs is 4. The lowest BCUT2D eigenvalue weighted by Crippen LogP contribution is -2.70. The number of hydrogen-bond donors (Lipinski definition) is 0. The molecule has 264 valence electrons. The summed E-state index contributed by atoms with van der Waals surface area (Å²) < 4.78 is 24.5. The Morgan fingerprint density at radius 2 is 1.04 bits per heavy atom. The van der Waals surface area contributed by atoms with Crippen molar-refractivity contribution < 1.29 is 48.1 Å². The Kier molecular flexibility index (Phi) is 8.97. The minimum Gasteiger partial charge on any atom is -0.432 e. The minimum atomic E-state index is -0.858. The van der Waals surface area contributed by atoms with Crippen molar-refractivity contribution in [3.63, 3.8) is 0 Å². The number of esters is 2. The lowest BCUT2D eigenvalue weighted by molar-refractivity contribution is -0.559. The van der Waals surface area contributed by atoms with Gasteiger partial charge in [-0.1, -0.05) is 20.3 Å². The number of ether oxygens (including phenoxy) is 4. The van der Waals surface area contributed by atoms with E-state index in [0.717, 1.165) is 93.6 Å². The van der Waals surface area contributed by atoms with Crippen LogP contribution in [-0.2, 0) is 48.1 Å². The summed E-state index contributed by atoms with van der Waals surface area (Å²) in [6.07, 6.45) is 9.35. The van der Waals surface area contributed by atoms with E-state index in [1.165, 1.54) is 0 Å². The van der Waals surface area contributed by atoms with Gasteiger partial charge >= 0.3 is 11.9 Å². The van der Waals surface area contributed by atoms with Gasteiger partial charge in [0.2, 0.25) is 24.2 Å². The van der Waals surface area contributed by atoms with Gasteiger partial charge < -0.3 is 18.9 Å². The van der Waals surface area contributed by atoms with Crippen molar-refractivity contribution in [2.24, 2.45) is 47.3 Å². The van der Waals surface area contributed by atoms with Crippen LogP contribution in [0, 0.1) is 47.3 Å². The first-order valence-corrected chi connectivity index (χ1v) is 20.6. The number of hydrogen-bond acceptors (Lipinski definition) is 12. The first kappa shape index (κ1) is 33.5. The summed E-state index contributed by atoms with van der Waals surface area (Å²) in [7, 11) is 0. The van der Waals surface area contributed by atoms with Gasteiger partial charge in [0.15, 0.2) is 11.2 Å². The molecule has 8 saturated heterocycles. The van der Waals surface area contributed by atoms with Crippen molar-refractivity contribution in [2.45, 2.75) is 134 Å². The van der Waals surface area contributed by atoms with Gasteiger partial charge in [-0.3, -0.25) is 9.59 Å². The summed E-state index contributed by atoms with van der Waals surface area (Å²) in [5.41, 5.74) is -1.40. The molecule has 10 rings (SSSR count). The Bertz CT molecular complexity index is 1130. The van der Waals surface area contributed by atoms with E-state index in [1.54, 1.807) is 0 Å². The zero-order valence-corrected chi connectivity index (χ0v) is 29.9. The summed E-state index contributed by atoms with van der Waals surface area (Å²) in [4.78, 5) is 50.8. The Balaban J connectivity index is 0.798. The molecule has 8 aliphatic heterocycles. The van der Waals surface area contributed by atoms with E-state index in [1.807, 2.05) is 37.4 Å². The second-order valence-corrected chi connectivity index (χ2v) is 18.4. The molecule has 2 spiro atoms. The van der Waals surface area contributed by atoms with Crippen LogP contribution in [-0.4, -0.2) is 70.3 Å². The number of rotatable bonds is 10. The SMILES string of the molecule is C[C@@H]1CC[C@H]2[C@H](CSCCCCCSC[C@@H]3C(=O)O[C@@H]4O[C@@]5(C)CC[C@H]6[C@H](C)CC[C@@H]3[C@@]46OO5)C(=O)O[C@@H]3O[C@@]4(C)CC[C@@H]1[C@]32OO4. The molecule has 10 nitrogen and oxygen atoms in total. The molecule has 2 saturated carbocycles. The number of unbranched alkanes of at least 4 members (excludes halogenated alkanes) is 2. The van der Waals surface area contributed by atoms with Gasteiger partial charge in [-0.15, -0.1) is 0 Å². The summed E-state index contributed by atoms with van der Waals surface area (Å²) in [5.74, 6) is 2.58. The zero-order chi connectivity index (χ0) is 32.6. The smallest absolute Gasteiger partial charge is 0.312 e. The molecule has 2 aliphatic carbocycles. The molecule has 12 heteroatoms. The molecule has 14 atom stereocenters. The molecule has 10 aliphatic rings. The lowest BCUT2D eigenvalue weighted by atomic mass is 9.58. The van der Waals surface area contributed by atoms with E-state index in [4.69, 9.17) is 38.5 Å². The number of thioether (sulfide) groups is 2. The highest BCUT2D eigenvalue weighted by Crippen LogP contribution is 2.61. The summed E-state index contributed by atoms with van der Waals surface area (Å²) in [5, 5.41) is 0. The van der Waals surface area contributed by atoms with Crippen LogP contribution in [0.4, 0.5) is 0 Å². The lowest BCUT2D eigenvalue weighted by Gasteiger charge is -2.58. The standard InChI is InChI=1S/C35H52O10S2/c1-20-8-10-26-22(28(36)38-30-34(26)24(20)12-14-32(3,40-30)42-44-34)18-46-16-6-5-7-17-47-19-23-27-11-9-21(2)25-13-15-33(4)41-31(39-29(23)37)35(25,27)45-43-33/h20-27,30-31H,5-19H2,1-4H3/t20-,21-,22+,23+,24+,25+,26+,27+,30-,31-,32-,33-,34-,35-/m1/s1. The molecule has 0 aromatic rings. The Hall–Kier alpha value is -0.600. The maximum Gasteiger partial charge on any atom is 0.312 e. The third-order valence-corrected chi connectivity index (χ3v) is 15.6. The van der Waals surface area contributed by atoms with E-state index in [9.17, 15) is 9.59 Å². The van der Waals surface area contributed by atoms with Gasteiger partial charge in [-0.05, 0) is 88.6 Å². The van der Waals surface area contributed by atoms with Gasteiger partial charge in [-0.25, -0.2) is 19.6 Å². The van der Waals surface area contributed by atoms with Crippen molar-refractivity contribution >= 4 is 35.5 Å². The first-order valence-electron chi connectivity index (χ1n) is 18.2. The monoisotopic (exact) mass is 696 g/mol. The normalized spacial score (nSPS) is 51.3. The van der Waals surface area contributed by atoms with Crippen molar-refractivity contribution in [2.75, 3.05) is 23.0 Å². The highest BCUT2D eigenvalue weighted by Gasteiger charge is 2.72. The fourth-order valence-corrected chi connectivity index (χ4v) is 13.0. The molecule has 0 radical (unpaired) electrons. The molecule has 8 heterocycles. The number of carbonyl (C=O) groups is 2. The average molecular weight is 697 g/mol. The molecule has 47 heavy (non-hydrogen) atoms. The van der Waals surface area contributed by atoms with Crippen molar-refractivity contribution in [1.82, 2.24) is 0 Å². The summed E-state index contributed by atoms with van der Waals surface area (Å²) >= 11 is 3.69. The molecule has 0 aromatic carbocycles. The first-order chi connectivity index (χ1) is 22.6. The van der Waals surface area contributed by atoms with Crippen LogP contribution in [0.15, 0.2) is 0 Å². The maximum atomic E-state index is 13.3. The van der Waals surface area contributed by atoms with Crippen LogP contribution in [0.1, 0.15) is 98.3 Å². The largest absolute Gasteiger partial charge is 0.432 e. The molecule has 0 unspecified atom stereocenters. The Morgan fingerprint density at radius 1 is 0.596 bits per heavy atom. The molecular formula is C35H52O10S2. The number of carbonyl (C=O) groups excluding carboxylic acids is 2. The van der Waals surface area contributed by atoms with Crippen molar-refractivity contribution in [3.05, 3.63) is 0 Å². The van der Waals surface area contributed by atoms with Crippen LogP contribution in [0.2, 0.25) is 0 Å². The molecular weight excluding hydrogens is 645 g/mol. The predicted molar refractivity (Wildman–Crippen MR) is 173 cm³/mol. The third kappa shape index (κ3) is 5.44. The van der Waals surface area contributed by atoms with Gasteiger partial charge in [0.25, 0.3) is 0 Å². The van der Waals surface area contributed by atoms with Crippen LogP contribution in [0.25, 0.3) is 0 Å². The van der Waals surface area contributed by atoms with E-state index in [-0.39, 0.29) is 47.4 Å². The Labute approximate surface area is 286 Å². The molecule has 0 amide bonds. The Morgan fingerprint density at radius 3 is 1.49 bits per heavy atom. The van der Waals surface area contributed by atoms with Gasteiger partial charge in [0, 0.05) is 48.0 Å². The molecule has 10 fully saturated rings. The summed E-state index contributed by atoms with van der Waals surface area (Å²) in [6.45, 7) is 8.35. The van der Waals surface area contributed by atoms with Crippen LogP contribution < -0.4 is 0 Å². The van der Waals surface area contributed by atoms with E-state index >= 15 is 0 Å². The van der Waals surface area contributed by atoms with Crippen LogP contribution >= 0.6 is 23.5 Å². The van der Waals surface area contributed by atoms with Crippen molar-refractivity contribution in [1.29, 1.82) is 0 Å². The quantitative estimate of drug-likeness (QED) is 0.143. The van der Waals surface area contributed by atoms with E-state index in [2.05, 4.69) is 13.8 Å². The minimum absolute atomic E-state index is 0.0464. The van der Waals surface area contributed by atoms with E-state index < -0.39 is 35.4 Å². The second kappa shape index (κ2) is 12.6. The highest BCUT2D eigenvalue weighted by molar-refractivity contribution is 7.99. The van der Waals surface area contributed by atoms with Gasteiger partial charge in [0.05, 0.1) is 11.8 Å². The zero-order valence-electron chi connectivity index (χ0n) is 28.3. The summed E-state index contributed by atoms with van der Waals surface area (Å²) in [6, 6.07) is 0. The maximum absolute atomic E-state index is 13.3. The fourth-order valence-electron chi connectivity index (χ4n) is 10.6. The predicted octanol–water partition coefficient (Wildman–Crippen LogP) is 6.40. The topological polar surface area (TPSA) is 108 Å². The molecule has 0 aromatic heterocycles. The van der Waals surface area contributed by atoms with Crippen LogP contribution in [0.3, 0.4) is 0 Å². The van der Waals surface area contributed by atoms with Crippen molar-refractivity contribution in [3.8, 4) is 0 Å².